The third-order valence-electron chi connectivity index (χ3n) is 5.47. The fourth-order valence-corrected chi connectivity index (χ4v) is 4.40. The van der Waals surface area contributed by atoms with Gasteiger partial charge in [-0.2, -0.15) is 0 Å². The molecule has 6 nitrogen and oxygen atoms in total. The van der Waals surface area contributed by atoms with Crippen LogP contribution in [0.4, 0.5) is 10.5 Å². The highest BCUT2D eigenvalue weighted by Crippen LogP contribution is 2.52. The van der Waals surface area contributed by atoms with Gasteiger partial charge < -0.3 is 24.8 Å². The lowest BCUT2D eigenvalue weighted by Crippen LogP contribution is -2.67. The van der Waals surface area contributed by atoms with Crippen LogP contribution in [0.15, 0.2) is 12.1 Å². The van der Waals surface area contributed by atoms with Gasteiger partial charge in [0.05, 0.1) is 30.0 Å². The van der Waals surface area contributed by atoms with Crippen molar-refractivity contribution in [3.63, 3.8) is 0 Å². The molecule has 25 heavy (non-hydrogen) atoms. The van der Waals surface area contributed by atoms with Crippen molar-refractivity contribution in [3.05, 3.63) is 17.2 Å². The van der Waals surface area contributed by atoms with Crippen LogP contribution in [-0.4, -0.2) is 38.0 Å². The van der Waals surface area contributed by atoms with Crippen molar-refractivity contribution < 1.29 is 19.0 Å². The number of hydrogen-bond donors (Lipinski definition) is 2. The van der Waals surface area contributed by atoms with Gasteiger partial charge in [0.1, 0.15) is 0 Å². The number of amides is 2. The summed E-state index contributed by atoms with van der Waals surface area (Å²) in [5.74, 6) is 1.60. The van der Waals surface area contributed by atoms with Gasteiger partial charge in [-0.25, -0.2) is 4.79 Å². The van der Waals surface area contributed by atoms with Crippen LogP contribution in [0.1, 0.15) is 26.7 Å². The Bertz CT molecular complexity index is 694. The van der Waals surface area contributed by atoms with Crippen molar-refractivity contribution in [1.29, 1.82) is 0 Å². The fraction of sp³-hybridized carbons (Fsp3) is 0.611. The molecular weight excluding hydrogens is 344 g/mol. The van der Waals surface area contributed by atoms with E-state index in [4.69, 9.17) is 25.8 Å². The summed E-state index contributed by atoms with van der Waals surface area (Å²) < 4.78 is 17.0. The number of hydrogen-bond acceptors (Lipinski definition) is 4. The standard InChI is InChI=1S/C18H23ClN2O4/c1-18(2)15(10-4-7-25-16(10)18)21-17(22)20-12-9-14-13(8-11(12)19)23-5-3-6-24-14/h8-10,15-16H,3-7H2,1-2H3,(H2,20,21,22)/t10-,15+,16-/m0/s1. The quantitative estimate of drug-likeness (QED) is 0.841. The summed E-state index contributed by atoms with van der Waals surface area (Å²) in [6.45, 7) is 6.21. The molecule has 0 radical (unpaired) electrons. The van der Waals surface area contributed by atoms with E-state index in [2.05, 4.69) is 24.5 Å². The van der Waals surface area contributed by atoms with E-state index in [9.17, 15) is 4.79 Å². The third kappa shape index (κ3) is 2.91. The van der Waals surface area contributed by atoms with Gasteiger partial charge in [-0.15, -0.1) is 0 Å². The molecule has 2 N–H and O–H groups in total. The highest BCUT2D eigenvalue weighted by molar-refractivity contribution is 6.34. The Morgan fingerprint density at radius 1 is 1.20 bits per heavy atom. The molecule has 0 aromatic heterocycles. The summed E-state index contributed by atoms with van der Waals surface area (Å²) >= 11 is 6.29. The average molecular weight is 367 g/mol. The number of nitrogens with one attached hydrogen (secondary N) is 2. The van der Waals surface area contributed by atoms with E-state index in [1.54, 1.807) is 12.1 Å². The Morgan fingerprint density at radius 2 is 1.92 bits per heavy atom. The molecular formula is C18H23ClN2O4. The van der Waals surface area contributed by atoms with Crippen molar-refractivity contribution in [2.45, 2.75) is 38.8 Å². The zero-order chi connectivity index (χ0) is 17.6. The van der Waals surface area contributed by atoms with Gasteiger partial charge in [-0.05, 0) is 6.42 Å². The molecule has 0 bridgehead atoms. The van der Waals surface area contributed by atoms with Crippen LogP contribution >= 0.6 is 11.6 Å². The molecule has 1 saturated carbocycles. The number of ether oxygens (including phenoxy) is 3. The molecule has 2 amide bonds. The van der Waals surface area contributed by atoms with Gasteiger partial charge in [-0.1, -0.05) is 25.4 Å². The first kappa shape index (κ1) is 16.8. The van der Waals surface area contributed by atoms with Crippen molar-refractivity contribution in [3.8, 4) is 11.5 Å². The molecule has 0 spiro atoms. The first-order chi connectivity index (χ1) is 12.0. The number of carbonyl (C=O) groups is 1. The summed E-state index contributed by atoms with van der Waals surface area (Å²) in [5, 5.41) is 6.35. The van der Waals surface area contributed by atoms with Gasteiger partial charge >= 0.3 is 6.03 Å². The number of rotatable bonds is 2. The van der Waals surface area contributed by atoms with Crippen molar-refractivity contribution >= 4 is 23.3 Å². The van der Waals surface area contributed by atoms with E-state index >= 15 is 0 Å². The smallest absolute Gasteiger partial charge is 0.319 e. The molecule has 2 fully saturated rings. The molecule has 2 aliphatic heterocycles. The Labute approximate surface area is 152 Å². The van der Waals surface area contributed by atoms with Crippen LogP contribution in [0, 0.1) is 11.3 Å². The van der Waals surface area contributed by atoms with Crippen molar-refractivity contribution in [2.24, 2.45) is 11.3 Å². The lowest BCUT2D eigenvalue weighted by Gasteiger charge is -2.54. The van der Waals surface area contributed by atoms with Crippen molar-refractivity contribution in [2.75, 3.05) is 25.1 Å². The minimum atomic E-state index is -0.264. The van der Waals surface area contributed by atoms with Crippen molar-refractivity contribution in [1.82, 2.24) is 5.32 Å². The number of carbonyl (C=O) groups excluding carboxylic acids is 1. The van der Waals surface area contributed by atoms with E-state index < -0.39 is 0 Å². The van der Waals surface area contributed by atoms with Gasteiger partial charge in [0, 0.05) is 42.5 Å². The molecule has 1 saturated heterocycles. The molecule has 1 aromatic carbocycles. The molecule has 0 unspecified atom stereocenters. The van der Waals surface area contributed by atoms with Crippen LogP contribution in [0.2, 0.25) is 5.02 Å². The molecule has 1 aromatic rings. The highest BCUT2D eigenvalue weighted by atomic mass is 35.5. The second-order valence-corrected chi connectivity index (χ2v) is 7.88. The van der Waals surface area contributed by atoms with Crippen LogP contribution < -0.4 is 20.1 Å². The Kier molecular flexibility index (Phi) is 4.20. The van der Waals surface area contributed by atoms with E-state index in [-0.39, 0.29) is 23.6 Å². The lowest BCUT2D eigenvalue weighted by atomic mass is 9.57. The minimum Gasteiger partial charge on any atom is -0.490 e. The molecule has 3 aliphatic rings. The lowest BCUT2D eigenvalue weighted by molar-refractivity contribution is -0.107. The second-order valence-electron chi connectivity index (χ2n) is 7.47. The van der Waals surface area contributed by atoms with Crippen LogP contribution in [0.25, 0.3) is 0 Å². The van der Waals surface area contributed by atoms with E-state index in [0.29, 0.717) is 41.3 Å². The largest absolute Gasteiger partial charge is 0.490 e. The maximum Gasteiger partial charge on any atom is 0.319 e. The first-order valence-corrected chi connectivity index (χ1v) is 9.13. The summed E-state index contributed by atoms with van der Waals surface area (Å²) in [7, 11) is 0. The number of urea groups is 1. The van der Waals surface area contributed by atoms with Crippen LogP contribution in [-0.2, 0) is 4.74 Å². The molecule has 136 valence electrons. The van der Waals surface area contributed by atoms with E-state index in [1.807, 2.05) is 0 Å². The van der Waals surface area contributed by atoms with Gasteiger partial charge in [0.25, 0.3) is 0 Å². The zero-order valence-electron chi connectivity index (χ0n) is 14.4. The normalized spacial score (nSPS) is 29.2. The minimum absolute atomic E-state index is 0.0625. The maximum absolute atomic E-state index is 12.5. The Hall–Kier alpha value is -1.66. The maximum atomic E-state index is 12.5. The topological polar surface area (TPSA) is 68.8 Å². The molecule has 3 atom stereocenters. The molecule has 4 rings (SSSR count). The predicted octanol–water partition coefficient (Wildman–Crippen LogP) is 3.44. The van der Waals surface area contributed by atoms with Crippen LogP contribution in [0.5, 0.6) is 11.5 Å². The third-order valence-corrected chi connectivity index (χ3v) is 5.79. The molecule has 2 heterocycles. The summed E-state index contributed by atoms with van der Waals surface area (Å²) in [6, 6.07) is 3.24. The fourth-order valence-electron chi connectivity index (χ4n) is 4.20. The second kappa shape index (κ2) is 6.25. The molecule has 7 heteroatoms. The summed E-state index contributed by atoms with van der Waals surface area (Å²) in [6.07, 6.45) is 2.04. The molecule has 1 aliphatic carbocycles. The summed E-state index contributed by atoms with van der Waals surface area (Å²) in [4.78, 5) is 12.5. The van der Waals surface area contributed by atoms with Gasteiger partial charge in [0.15, 0.2) is 11.5 Å². The number of benzene rings is 1. The van der Waals surface area contributed by atoms with E-state index in [1.165, 1.54) is 0 Å². The van der Waals surface area contributed by atoms with Crippen LogP contribution in [0.3, 0.4) is 0 Å². The first-order valence-electron chi connectivity index (χ1n) is 8.75. The van der Waals surface area contributed by atoms with Gasteiger partial charge in [-0.3, -0.25) is 0 Å². The Balaban J connectivity index is 1.45. The average Bonchev–Trinajstić information content (AvgIpc) is 2.91. The zero-order valence-corrected chi connectivity index (χ0v) is 15.2. The number of halogens is 1. The highest BCUT2D eigenvalue weighted by Gasteiger charge is 2.59. The predicted molar refractivity (Wildman–Crippen MR) is 94.6 cm³/mol. The Morgan fingerprint density at radius 3 is 2.68 bits per heavy atom. The SMILES string of the molecule is CC1(C)[C@H](NC(=O)Nc2cc3c(cc2Cl)OCCCO3)[C@@H]2CCO[C@@H]21. The number of fused-ring (bicyclic) bond motifs is 2. The number of anilines is 1. The van der Waals surface area contributed by atoms with E-state index in [0.717, 1.165) is 19.4 Å². The van der Waals surface area contributed by atoms with Gasteiger partial charge in [0.2, 0.25) is 0 Å². The summed E-state index contributed by atoms with van der Waals surface area (Å²) in [5.41, 5.74) is 0.451. The monoisotopic (exact) mass is 366 g/mol.